The highest BCUT2D eigenvalue weighted by atomic mass is 16.7. The SMILES string of the molecule is CN(C(=O)O/N=C(\C(=O)C(C)(C)C)c1nc2ccccc2o1)c1ccncc1. The molecule has 8 nitrogen and oxygen atoms in total. The van der Waals surface area contributed by atoms with E-state index in [2.05, 4.69) is 15.1 Å². The summed E-state index contributed by atoms with van der Waals surface area (Å²) in [5, 5.41) is 3.81. The molecule has 0 aliphatic rings. The standard InChI is InChI=1S/C20H20N4O4/c1-20(2,3)17(25)16(18-22-14-7-5-6-8-15(14)27-18)23-28-19(26)24(4)13-9-11-21-12-10-13/h5-12H,1-4H3/b23-16+. The second kappa shape index (κ2) is 7.59. The van der Waals surface area contributed by atoms with E-state index in [1.165, 1.54) is 11.9 Å². The summed E-state index contributed by atoms with van der Waals surface area (Å²) >= 11 is 0. The Kier molecular flexibility index (Phi) is 5.21. The molecule has 0 saturated carbocycles. The van der Waals surface area contributed by atoms with Crippen molar-refractivity contribution in [2.24, 2.45) is 10.6 Å². The minimum Gasteiger partial charge on any atom is -0.435 e. The van der Waals surface area contributed by atoms with E-state index in [9.17, 15) is 9.59 Å². The fraction of sp³-hybridized carbons (Fsp3) is 0.250. The number of rotatable bonds is 4. The molecule has 1 amide bonds. The predicted octanol–water partition coefficient (Wildman–Crippen LogP) is 3.82. The molecule has 8 heteroatoms. The van der Waals surface area contributed by atoms with Crippen LogP contribution in [-0.4, -0.2) is 34.6 Å². The number of oxazole rings is 1. The lowest BCUT2D eigenvalue weighted by Crippen LogP contribution is -2.31. The van der Waals surface area contributed by atoms with E-state index in [-0.39, 0.29) is 17.4 Å². The molecule has 2 aromatic heterocycles. The Balaban J connectivity index is 1.92. The van der Waals surface area contributed by atoms with Crippen molar-refractivity contribution in [3.05, 3.63) is 54.7 Å². The Labute approximate surface area is 161 Å². The highest BCUT2D eigenvalue weighted by molar-refractivity contribution is 6.46. The number of hydrogen-bond donors (Lipinski definition) is 0. The van der Waals surface area contributed by atoms with Crippen LogP contribution in [0.15, 0.2) is 58.4 Å². The number of benzene rings is 1. The monoisotopic (exact) mass is 380 g/mol. The molecule has 0 aliphatic heterocycles. The fourth-order valence-corrected chi connectivity index (χ4v) is 2.33. The van der Waals surface area contributed by atoms with Gasteiger partial charge in [0.1, 0.15) is 5.52 Å². The number of hydrogen-bond acceptors (Lipinski definition) is 7. The second-order valence-electron chi connectivity index (χ2n) is 7.13. The Morgan fingerprint density at radius 2 is 1.79 bits per heavy atom. The maximum Gasteiger partial charge on any atom is 0.440 e. The Bertz CT molecular complexity index is 1000. The van der Waals surface area contributed by atoms with E-state index in [4.69, 9.17) is 9.25 Å². The summed E-state index contributed by atoms with van der Waals surface area (Å²) in [6, 6.07) is 10.4. The van der Waals surface area contributed by atoms with E-state index >= 15 is 0 Å². The number of para-hydroxylation sites is 2. The highest BCUT2D eigenvalue weighted by Crippen LogP contribution is 2.22. The summed E-state index contributed by atoms with van der Waals surface area (Å²) in [5.74, 6) is -0.362. The number of carbonyl (C=O) groups is 2. The number of nitrogens with zero attached hydrogens (tertiary/aromatic N) is 4. The van der Waals surface area contributed by atoms with Gasteiger partial charge in [0.15, 0.2) is 11.4 Å². The quantitative estimate of drug-likeness (QED) is 0.388. The van der Waals surface area contributed by atoms with E-state index < -0.39 is 11.5 Å². The molecule has 3 rings (SSSR count). The Morgan fingerprint density at radius 1 is 1.11 bits per heavy atom. The summed E-state index contributed by atoms with van der Waals surface area (Å²) in [6.45, 7) is 5.20. The summed E-state index contributed by atoms with van der Waals surface area (Å²) in [7, 11) is 1.53. The van der Waals surface area contributed by atoms with Crippen molar-refractivity contribution in [1.29, 1.82) is 0 Å². The van der Waals surface area contributed by atoms with E-state index in [1.807, 2.05) is 0 Å². The topological polar surface area (TPSA) is 97.9 Å². The van der Waals surface area contributed by atoms with Crippen LogP contribution >= 0.6 is 0 Å². The van der Waals surface area contributed by atoms with Crippen LogP contribution in [0.25, 0.3) is 11.1 Å². The first-order valence-corrected chi connectivity index (χ1v) is 8.61. The van der Waals surface area contributed by atoms with Crippen LogP contribution in [0.2, 0.25) is 0 Å². The van der Waals surface area contributed by atoms with Gasteiger partial charge in [0, 0.05) is 30.5 Å². The third-order valence-corrected chi connectivity index (χ3v) is 3.93. The van der Waals surface area contributed by atoms with Gasteiger partial charge in [0.05, 0.1) is 0 Å². The second-order valence-corrected chi connectivity index (χ2v) is 7.13. The van der Waals surface area contributed by atoms with Crippen molar-refractivity contribution in [1.82, 2.24) is 9.97 Å². The molecule has 2 heterocycles. The van der Waals surface area contributed by atoms with E-state index in [0.29, 0.717) is 16.8 Å². The number of pyridine rings is 1. The molecule has 0 unspecified atom stereocenters. The number of anilines is 1. The van der Waals surface area contributed by atoms with Gasteiger partial charge in [-0.15, -0.1) is 0 Å². The molecular weight excluding hydrogens is 360 g/mol. The minimum absolute atomic E-state index is 0.000453. The molecule has 3 aromatic rings. The average Bonchev–Trinajstić information content (AvgIpc) is 3.11. The van der Waals surface area contributed by atoms with Crippen molar-refractivity contribution in [3.8, 4) is 0 Å². The van der Waals surface area contributed by atoms with Gasteiger partial charge in [-0.2, -0.15) is 0 Å². The third-order valence-electron chi connectivity index (χ3n) is 3.93. The number of aromatic nitrogens is 2. The number of ketones is 1. The normalized spacial score (nSPS) is 12.1. The minimum atomic E-state index is -0.775. The van der Waals surface area contributed by atoms with Gasteiger partial charge in [-0.25, -0.2) is 9.78 Å². The van der Waals surface area contributed by atoms with Gasteiger partial charge in [-0.05, 0) is 24.3 Å². The van der Waals surface area contributed by atoms with Gasteiger partial charge in [0.25, 0.3) is 5.89 Å². The molecule has 0 radical (unpaired) electrons. The maximum atomic E-state index is 12.9. The molecular formula is C20H20N4O4. The summed E-state index contributed by atoms with van der Waals surface area (Å²) < 4.78 is 5.65. The summed E-state index contributed by atoms with van der Waals surface area (Å²) in [4.78, 5) is 39.7. The maximum absolute atomic E-state index is 12.9. The third kappa shape index (κ3) is 4.06. The lowest BCUT2D eigenvalue weighted by atomic mass is 9.88. The molecule has 0 bridgehead atoms. The molecule has 0 aliphatic carbocycles. The van der Waals surface area contributed by atoms with Crippen molar-refractivity contribution in [2.75, 3.05) is 11.9 Å². The highest BCUT2D eigenvalue weighted by Gasteiger charge is 2.32. The largest absolute Gasteiger partial charge is 0.440 e. The van der Waals surface area contributed by atoms with Gasteiger partial charge in [0.2, 0.25) is 5.71 Å². The predicted molar refractivity (Wildman–Crippen MR) is 104 cm³/mol. The van der Waals surface area contributed by atoms with Gasteiger partial charge < -0.3 is 4.42 Å². The number of Topliss-reactive ketones (excluding diaryl/α,β-unsaturated/α-hetero) is 1. The molecule has 0 saturated heterocycles. The molecule has 0 atom stereocenters. The molecule has 1 aromatic carbocycles. The van der Waals surface area contributed by atoms with E-state index in [1.54, 1.807) is 69.6 Å². The van der Waals surface area contributed by atoms with Crippen LogP contribution in [0.4, 0.5) is 10.5 Å². The van der Waals surface area contributed by atoms with Gasteiger partial charge in [-0.1, -0.05) is 38.1 Å². The number of amides is 1. The number of oxime groups is 1. The fourth-order valence-electron chi connectivity index (χ4n) is 2.33. The van der Waals surface area contributed by atoms with Crippen LogP contribution in [0.1, 0.15) is 26.7 Å². The Morgan fingerprint density at radius 3 is 2.43 bits per heavy atom. The molecule has 28 heavy (non-hydrogen) atoms. The first kappa shape index (κ1) is 19.2. The van der Waals surface area contributed by atoms with Crippen molar-refractivity contribution < 1.29 is 18.8 Å². The van der Waals surface area contributed by atoms with Crippen molar-refractivity contribution in [2.45, 2.75) is 20.8 Å². The number of carbonyl (C=O) groups excluding carboxylic acids is 2. The van der Waals surface area contributed by atoms with Crippen LogP contribution in [-0.2, 0) is 9.63 Å². The van der Waals surface area contributed by atoms with Crippen LogP contribution in [0, 0.1) is 5.41 Å². The van der Waals surface area contributed by atoms with Crippen LogP contribution < -0.4 is 4.90 Å². The number of fused-ring (bicyclic) bond motifs is 1. The van der Waals surface area contributed by atoms with Crippen molar-refractivity contribution in [3.63, 3.8) is 0 Å². The lowest BCUT2D eigenvalue weighted by molar-refractivity contribution is -0.119. The van der Waals surface area contributed by atoms with Crippen LogP contribution in [0.5, 0.6) is 0 Å². The zero-order valence-electron chi connectivity index (χ0n) is 16.0. The van der Waals surface area contributed by atoms with E-state index in [0.717, 1.165) is 0 Å². The van der Waals surface area contributed by atoms with Gasteiger partial charge in [-0.3, -0.25) is 19.5 Å². The Hall–Kier alpha value is -3.55. The summed E-state index contributed by atoms with van der Waals surface area (Å²) in [5.41, 5.74) is 0.725. The van der Waals surface area contributed by atoms with Crippen LogP contribution in [0.3, 0.4) is 0 Å². The zero-order chi connectivity index (χ0) is 20.3. The van der Waals surface area contributed by atoms with Gasteiger partial charge >= 0.3 is 6.09 Å². The average molecular weight is 380 g/mol. The molecule has 0 fully saturated rings. The first-order valence-electron chi connectivity index (χ1n) is 8.61. The smallest absolute Gasteiger partial charge is 0.435 e. The van der Waals surface area contributed by atoms with Crippen molar-refractivity contribution >= 4 is 34.4 Å². The molecule has 0 spiro atoms. The lowest BCUT2D eigenvalue weighted by Gasteiger charge is -2.17. The molecule has 0 N–H and O–H groups in total. The molecule has 144 valence electrons. The summed E-state index contributed by atoms with van der Waals surface area (Å²) in [6.07, 6.45) is 2.34. The zero-order valence-corrected chi connectivity index (χ0v) is 16.0. The first-order chi connectivity index (χ1) is 13.3.